The first-order valence-corrected chi connectivity index (χ1v) is 11.8. The highest BCUT2D eigenvalue weighted by Gasteiger charge is 2.39. The lowest BCUT2D eigenvalue weighted by Gasteiger charge is -2.33. The standard InChI is InChI=1S/C25H25F5N6O3/c1-24(2,3)39-23(38)32-20-21-31-11-17(19(27)28)35(21)12-25(4,33-20)14-9-13(5-6-15(14)26)10-18(37)16-7-8-36(34-16)22(29)30/h5-9,11,19,22H,10,12H2,1-4H3,(H,32,33,38). The minimum atomic E-state index is -2.92. The van der Waals surface area contributed by atoms with Crippen molar-refractivity contribution in [2.75, 3.05) is 0 Å². The normalized spacial score (nSPS) is 17.3. The van der Waals surface area contributed by atoms with Gasteiger partial charge in [0.05, 0.1) is 12.7 Å². The molecule has 0 radical (unpaired) electrons. The third kappa shape index (κ3) is 5.99. The number of aliphatic imine (C=N–C) groups is 1. The van der Waals surface area contributed by atoms with E-state index in [0.717, 1.165) is 29.1 Å². The average Bonchev–Trinajstić information content (AvgIpc) is 3.47. The second-order valence-corrected chi connectivity index (χ2v) is 10.1. The topological polar surface area (TPSA) is 103 Å². The van der Waals surface area contributed by atoms with Gasteiger partial charge in [-0.3, -0.25) is 15.1 Å². The Morgan fingerprint density at radius 1 is 1.18 bits per heavy atom. The van der Waals surface area contributed by atoms with Gasteiger partial charge < -0.3 is 9.30 Å². The molecular formula is C25H25F5N6O3. The van der Waals surface area contributed by atoms with Gasteiger partial charge in [-0.1, -0.05) is 6.07 Å². The molecule has 1 unspecified atom stereocenters. The largest absolute Gasteiger partial charge is 0.444 e. The lowest BCUT2D eigenvalue weighted by Crippen LogP contribution is -2.44. The van der Waals surface area contributed by atoms with Gasteiger partial charge in [0.15, 0.2) is 17.4 Å². The molecule has 1 N–H and O–H groups in total. The minimum absolute atomic E-state index is 0.0473. The Morgan fingerprint density at radius 2 is 1.90 bits per heavy atom. The van der Waals surface area contributed by atoms with E-state index in [1.54, 1.807) is 20.8 Å². The van der Waals surface area contributed by atoms with E-state index in [2.05, 4.69) is 20.4 Å². The third-order valence-corrected chi connectivity index (χ3v) is 5.84. The van der Waals surface area contributed by atoms with Crippen LogP contribution in [0.3, 0.4) is 0 Å². The first-order valence-electron chi connectivity index (χ1n) is 11.8. The Bertz CT molecular complexity index is 1440. The van der Waals surface area contributed by atoms with Crippen LogP contribution in [0.5, 0.6) is 0 Å². The second kappa shape index (κ2) is 10.2. The zero-order valence-corrected chi connectivity index (χ0v) is 21.4. The zero-order valence-electron chi connectivity index (χ0n) is 21.4. The van der Waals surface area contributed by atoms with Gasteiger partial charge in [0.1, 0.15) is 28.3 Å². The summed E-state index contributed by atoms with van der Waals surface area (Å²) in [5.74, 6) is -1.59. The molecule has 0 bridgehead atoms. The van der Waals surface area contributed by atoms with Crippen LogP contribution in [0.2, 0.25) is 0 Å². The SMILES string of the molecule is CC(C)(C)OC(=O)NC1=NC(C)(c2cc(CC(=O)c3ccn(C(F)F)n3)ccc2F)Cn2c(C(F)F)cnc21. The average molecular weight is 553 g/mol. The maximum atomic E-state index is 15.2. The monoisotopic (exact) mass is 552 g/mol. The number of carbonyl (C=O) groups is 2. The van der Waals surface area contributed by atoms with E-state index in [-0.39, 0.29) is 35.9 Å². The van der Waals surface area contributed by atoms with Gasteiger partial charge >= 0.3 is 12.6 Å². The van der Waals surface area contributed by atoms with Crippen LogP contribution in [-0.2, 0) is 23.2 Å². The van der Waals surface area contributed by atoms with Gasteiger partial charge in [0, 0.05) is 18.2 Å². The van der Waals surface area contributed by atoms with Gasteiger partial charge in [0.2, 0.25) is 0 Å². The van der Waals surface area contributed by atoms with E-state index in [0.29, 0.717) is 10.2 Å². The lowest BCUT2D eigenvalue weighted by molar-refractivity contribution is 0.0553. The van der Waals surface area contributed by atoms with E-state index in [9.17, 15) is 27.2 Å². The third-order valence-electron chi connectivity index (χ3n) is 5.84. The van der Waals surface area contributed by atoms with Gasteiger partial charge in [-0.05, 0) is 51.5 Å². The summed E-state index contributed by atoms with van der Waals surface area (Å²) in [5.41, 5.74) is -2.79. The molecular weight excluding hydrogens is 527 g/mol. The lowest BCUT2D eigenvalue weighted by atomic mass is 9.88. The van der Waals surface area contributed by atoms with Crippen molar-refractivity contribution in [3.05, 3.63) is 70.8 Å². The van der Waals surface area contributed by atoms with Crippen LogP contribution >= 0.6 is 0 Å². The highest BCUT2D eigenvalue weighted by Crippen LogP contribution is 2.36. The molecule has 14 heteroatoms. The first kappa shape index (κ1) is 27.9. The molecule has 9 nitrogen and oxygen atoms in total. The molecule has 0 fully saturated rings. The van der Waals surface area contributed by atoms with Crippen molar-refractivity contribution in [2.45, 2.75) is 64.8 Å². The Morgan fingerprint density at radius 3 is 2.51 bits per heavy atom. The number of amides is 1. The molecule has 0 spiro atoms. The number of Topliss-reactive ketones (excluding diaryl/α,β-unsaturated/α-hetero) is 1. The summed E-state index contributed by atoms with van der Waals surface area (Å²) >= 11 is 0. The Balaban J connectivity index is 1.71. The van der Waals surface area contributed by atoms with E-state index >= 15 is 4.39 Å². The summed E-state index contributed by atoms with van der Waals surface area (Å²) in [6, 6.07) is 4.92. The van der Waals surface area contributed by atoms with Crippen LogP contribution in [0.15, 0.2) is 41.7 Å². The number of nitrogens with zero attached hydrogens (tertiary/aromatic N) is 5. The van der Waals surface area contributed by atoms with Crippen molar-refractivity contribution in [1.29, 1.82) is 0 Å². The number of halogens is 5. The summed E-state index contributed by atoms with van der Waals surface area (Å²) < 4.78 is 75.1. The van der Waals surface area contributed by atoms with Crippen LogP contribution < -0.4 is 5.32 Å². The number of alkyl carbamates (subject to hydrolysis) is 1. The molecule has 208 valence electrons. The number of nitrogens with one attached hydrogen (secondary N) is 1. The fourth-order valence-electron chi connectivity index (χ4n) is 4.15. The predicted octanol–water partition coefficient (Wildman–Crippen LogP) is 5.18. The summed E-state index contributed by atoms with van der Waals surface area (Å²) in [7, 11) is 0. The quantitative estimate of drug-likeness (QED) is 0.336. The number of alkyl halides is 4. The number of hydrogen-bond acceptors (Lipinski definition) is 6. The van der Waals surface area contributed by atoms with Crippen LogP contribution in [0.1, 0.15) is 73.8 Å². The van der Waals surface area contributed by atoms with Crippen molar-refractivity contribution in [3.8, 4) is 0 Å². The van der Waals surface area contributed by atoms with E-state index in [1.165, 1.54) is 19.1 Å². The highest BCUT2D eigenvalue weighted by atomic mass is 19.3. The number of carbonyl (C=O) groups excluding carboxylic acids is 2. The molecule has 1 aliphatic rings. The zero-order chi connectivity index (χ0) is 28.7. The number of hydrogen-bond donors (Lipinski definition) is 1. The Labute approximate surface area is 219 Å². The number of rotatable bonds is 6. The number of fused-ring (bicyclic) bond motifs is 1. The molecule has 4 rings (SSSR count). The van der Waals surface area contributed by atoms with Crippen LogP contribution in [0.25, 0.3) is 0 Å². The molecule has 1 amide bonds. The molecule has 3 heterocycles. The molecule has 3 aromatic rings. The predicted molar refractivity (Wildman–Crippen MR) is 128 cm³/mol. The van der Waals surface area contributed by atoms with Crippen LogP contribution in [0, 0.1) is 5.82 Å². The maximum absolute atomic E-state index is 15.2. The van der Waals surface area contributed by atoms with Gasteiger partial charge in [-0.25, -0.2) is 27.6 Å². The molecule has 0 saturated heterocycles. The number of ketones is 1. The second-order valence-electron chi connectivity index (χ2n) is 10.1. The fourth-order valence-corrected chi connectivity index (χ4v) is 4.15. The van der Waals surface area contributed by atoms with Gasteiger partial charge in [-0.2, -0.15) is 13.9 Å². The molecule has 0 saturated carbocycles. The summed E-state index contributed by atoms with van der Waals surface area (Å²) in [6.45, 7) is 3.22. The maximum Gasteiger partial charge on any atom is 0.413 e. The first-order chi connectivity index (χ1) is 18.2. The number of ether oxygens (including phenoxy) is 1. The fraction of sp³-hybridized carbons (Fsp3) is 0.400. The molecule has 1 aliphatic heterocycles. The summed E-state index contributed by atoms with van der Waals surface area (Å²) in [6.07, 6.45) is -2.22. The van der Waals surface area contributed by atoms with Crippen molar-refractivity contribution >= 4 is 17.7 Å². The minimum Gasteiger partial charge on any atom is -0.444 e. The molecule has 1 aromatic carbocycles. The Hall–Kier alpha value is -4.10. The van der Waals surface area contributed by atoms with Crippen molar-refractivity contribution in [3.63, 3.8) is 0 Å². The van der Waals surface area contributed by atoms with Gasteiger partial charge in [-0.15, -0.1) is 0 Å². The van der Waals surface area contributed by atoms with E-state index in [1.807, 2.05) is 0 Å². The molecule has 1 atom stereocenters. The van der Waals surface area contributed by atoms with Crippen molar-refractivity contribution in [1.82, 2.24) is 24.6 Å². The molecule has 0 aliphatic carbocycles. The van der Waals surface area contributed by atoms with E-state index in [4.69, 9.17) is 4.74 Å². The van der Waals surface area contributed by atoms with Gasteiger partial charge in [0.25, 0.3) is 6.43 Å². The molecule has 2 aromatic heterocycles. The van der Waals surface area contributed by atoms with Crippen LogP contribution in [-0.4, -0.2) is 42.6 Å². The summed E-state index contributed by atoms with van der Waals surface area (Å²) in [5, 5.41) is 5.97. The van der Waals surface area contributed by atoms with Crippen molar-refractivity contribution < 1.29 is 36.3 Å². The number of benzene rings is 1. The number of amidine groups is 1. The summed E-state index contributed by atoms with van der Waals surface area (Å²) in [4.78, 5) is 33.6. The van der Waals surface area contributed by atoms with E-state index < -0.39 is 47.5 Å². The number of imidazole rings is 1. The van der Waals surface area contributed by atoms with Crippen molar-refractivity contribution in [2.24, 2.45) is 4.99 Å². The smallest absolute Gasteiger partial charge is 0.413 e. The Kier molecular flexibility index (Phi) is 7.32. The van der Waals surface area contributed by atoms with Crippen LogP contribution in [0.4, 0.5) is 26.7 Å². The molecule has 39 heavy (non-hydrogen) atoms. The number of aromatic nitrogens is 4. The highest BCUT2D eigenvalue weighted by molar-refractivity contribution is 6.05.